The fraction of sp³-hybridized carbons (Fsp3) is 0.857. The van der Waals surface area contributed by atoms with E-state index in [0.29, 0.717) is 11.8 Å². The van der Waals surface area contributed by atoms with Crippen LogP contribution in [0.25, 0.3) is 0 Å². The third-order valence-corrected chi connectivity index (χ3v) is 4.00. The van der Waals surface area contributed by atoms with Crippen LogP contribution in [0.15, 0.2) is 4.52 Å². The topological polar surface area (TPSA) is 64.9 Å². The monoisotopic (exact) mass is 251 g/mol. The quantitative estimate of drug-likeness (QED) is 0.891. The maximum atomic E-state index is 6.22. The van der Waals surface area contributed by atoms with Gasteiger partial charge in [0.1, 0.15) is 0 Å². The average molecular weight is 251 g/mol. The zero-order valence-electron chi connectivity index (χ0n) is 11.8. The molecule has 0 aliphatic heterocycles. The van der Waals surface area contributed by atoms with Crippen molar-refractivity contribution in [3.05, 3.63) is 11.7 Å². The first-order chi connectivity index (χ1) is 8.53. The molecule has 1 saturated carbocycles. The Balaban J connectivity index is 2.10. The first-order valence-corrected chi connectivity index (χ1v) is 7.16. The molecule has 3 unspecified atom stereocenters. The molecule has 0 amide bonds. The van der Waals surface area contributed by atoms with Crippen molar-refractivity contribution >= 4 is 0 Å². The molecule has 0 spiro atoms. The summed E-state index contributed by atoms with van der Waals surface area (Å²) in [5.41, 5.74) is 5.74. The van der Waals surface area contributed by atoms with Crippen LogP contribution in [-0.4, -0.2) is 10.1 Å². The van der Waals surface area contributed by atoms with Crippen LogP contribution in [0.4, 0.5) is 0 Å². The van der Waals surface area contributed by atoms with E-state index in [1.165, 1.54) is 25.7 Å². The zero-order valence-corrected chi connectivity index (χ0v) is 11.8. The van der Waals surface area contributed by atoms with E-state index < -0.39 is 5.54 Å². The van der Waals surface area contributed by atoms with Gasteiger partial charge in [-0.15, -0.1) is 0 Å². The highest BCUT2D eigenvalue weighted by molar-refractivity contribution is 5.04. The molecule has 0 saturated heterocycles. The molecule has 1 heterocycles. The summed E-state index contributed by atoms with van der Waals surface area (Å²) in [4.78, 5) is 4.56. The number of nitrogens with zero attached hydrogens (tertiary/aromatic N) is 2. The van der Waals surface area contributed by atoms with Gasteiger partial charge in [0.2, 0.25) is 5.89 Å². The summed E-state index contributed by atoms with van der Waals surface area (Å²) in [6.45, 7) is 6.39. The van der Waals surface area contributed by atoms with Crippen LogP contribution in [-0.2, 0) is 5.54 Å². The summed E-state index contributed by atoms with van der Waals surface area (Å²) in [6.07, 6.45) is 6.84. The van der Waals surface area contributed by atoms with Gasteiger partial charge in [-0.25, -0.2) is 0 Å². The van der Waals surface area contributed by atoms with Crippen LogP contribution in [0.1, 0.15) is 76.9 Å². The Morgan fingerprint density at radius 1 is 1.44 bits per heavy atom. The molecule has 2 rings (SSSR count). The molecule has 102 valence electrons. The van der Waals surface area contributed by atoms with Crippen LogP contribution >= 0.6 is 0 Å². The molecular formula is C14H25N3O. The van der Waals surface area contributed by atoms with Gasteiger partial charge in [0.05, 0.1) is 5.54 Å². The van der Waals surface area contributed by atoms with Gasteiger partial charge in [-0.3, -0.25) is 0 Å². The second-order valence-electron chi connectivity index (χ2n) is 6.09. The Kier molecular flexibility index (Phi) is 4.05. The van der Waals surface area contributed by atoms with Gasteiger partial charge in [0, 0.05) is 5.92 Å². The van der Waals surface area contributed by atoms with Gasteiger partial charge in [0.25, 0.3) is 0 Å². The van der Waals surface area contributed by atoms with Gasteiger partial charge in [-0.05, 0) is 32.1 Å². The average Bonchev–Trinajstić information content (AvgIpc) is 2.78. The van der Waals surface area contributed by atoms with E-state index in [-0.39, 0.29) is 0 Å². The molecule has 2 N–H and O–H groups in total. The first-order valence-electron chi connectivity index (χ1n) is 7.16. The number of nitrogens with two attached hydrogens (primary N) is 1. The summed E-state index contributed by atoms with van der Waals surface area (Å²) in [5, 5.41) is 4.16. The molecule has 4 nitrogen and oxygen atoms in total. The molecule has 0 aromatic carbocycles. The lowest BCUT2D eigenvalue weighted by atomic mass is 9.82. The third-order valence-electron chi connectivity index (χ3n) is 4.00. The Labute approximate surface area is 109 Å². The van der Waals surface area contributed by atoms with Crippen molar-refractivity contribution in [3.63, 3.8) is 0 Å². The van der Waals surface area contributed by atoms with E-state index in [1.54, 1.807) is 0 Å². The van der Waals surface area contributed by atoms with Gasteiger partial charge in [0.15, 0.2) is 5.82 Å². The molecule has 18 heavy (non-hydrogen) atoms. The predicted molar refractivity (Wildman–Crippen MR) is 71.1 cm³/mol. The van der Waals surface area contributed by atoms with Gasteiger partial charge >= 0.3 is 0 Å². The van der Waals surface area contributed by atoms with Crippen molar-refractivity contribution in [3.8, 4) is 0 Å². The molecule has 1 aliphatic carbocycles. The van der Waals surface area contributed by atoms with Crippen molar-refractivity contribution in [2.75, 3.05) is 0 Å². The zero-order chi connectivity index (χ0) is 13.2. The van der Waals surface area contributed by atoms with Crippen molar-refractivity contribution in [2.45, 2.75) is 70.8 Å². The summed E-state index contributed by atoms with van der Waals surface area (Å²) >= 11 is 0. The fourth-order valence-electron chi connectivity index (χ4n) is 2.93. The molecule has 1 aromatic rings. The number of hydrogen-bond acceptors (Lipinski definition) is 4. The summed E-state index contributed by atoms with van der Waals surface area (Å²) in [6, 6.07) is 0. The van der Waals surface area contributed by atoms with Crippen LogP contribution < -0.4 is 5.73 Å². The molecular weight excluding hydrogens is 226 g/mol. The maximum Gasteiger partial charge on any atom is 0.246 e. The highest BCUT2D eigenvalue weighted by Crippen LogP contribution is 2.35. The van der Waals surface area contributed by atoms with Crippen LogP contribution in [0, 0.1) is 5.92 Å². The van der Waals surface area contributed by atoms with Crippen LogP contribution in [0.5, 0.6) is 0 Å². The predicted octanol–water partition coefficient (Wildman–Crippen LogP) is 3.34. The second-order valence-corrected chi connectivity index (χ2v) is 6.09. The van der Waals surface area contributed by atoms with E-state index in [0.717, 1.165) is 24.6 Å². The second kappa shape index (κ2) is 5.39. The minimum absolute atomic E-state index is 0.462. The number of aromatic nitrogens is 2. The maximum absolute atomic E-state index is 6.22. The van der Waals surface area contributed by atoms with Gasteiger partial charge in [-0.2, -0.15) is 4.98 Å². The standard InChI is InChI=1S/C14H25N3O/c1-4-8-14(3,15)13-16-12(17-18-13)11-7-5-6-10(2)9-11/h10-11H,4-9,15H2,1-3H3. The molecule has 0 radical (unpaired) electrons. The normalized spacial score (nSPS) is 28.0. The lowest BCUT2D eigenvalue weighted by Crippen LogP contribution is -2.33. The van der Waals surface area contributed by atoms with E-state index in [9.17, 15) is 0 Å². The Morgan fingerprint density at radius 2 is 2.22 bits per heavy atom. The Bertz CT molecular complexity index is 386. The van der Waals surface area contributed by atoms with E-state index in [1.807, 2.05) is 6.92 Å². The van der Waals surface area contributed by atoms with E-state index >= 15 is 0 Å². The van der Waals surface area contributed by atoms with Crippen molar-refractivity contribution in [1.29, 1.82) is 0 Å². The molecule has 3 atom stereocenters. The summed E-state index contributed by atoms with van der Waals surface area (Å²) in [7, 11) is 0. The SMILES string of the molecule is CCCC(C)(N)c1nc(C2CCCC(C)C2)no1. The summed E-state index contributed by atoms with van der Waals surface area (Å²) < 4.78 is 5.38. The fourth-order valence-corrected chi connectivity index (χ4v) is 2.93. The molecule has 1 aromatic heterocycles. The van der Waals surface area contributed by atoms with Crippen LogP contribution in [0.3, 0.4) is 0 Å². The van der Waals surface area contributed by atoms with Gasteiger partial charge < -0.3 is 10.3 Å². The Morgan fingerprint density at radius 3 is 2.89 bits per heavy atom. The first kappa shape index (κ1) is 13.5. The van der Waals surface area contributed by atoms with Crippen molar-refractivity contribution < 1.29 is 4.52 Å². The largest absolute Gasteiger partial charge is 0.337 e. The lowest BCUT2D eigenvalue weighted by Gasteiger charge is -2.24. The minimum Gasteiger partial charge on any atom is -0.337 e. The highest BCUT2D eigenvalue weighted by Gasteiger charge is 2.30. The van der Waals surface area contributed by atoms with Crippen LogP contribution in [0.2, 0.25) is 0 Å². The lowest BCUT2D eigenvalue weighted by molar-refractivity contribution is 0.278. The Hall–Kier alpha value is -0.900. The van der Waals surface area contributed by atoms with Gasteiger partial charge in [-0.1, -0.05) is 38.3 Å². The minimum atomic E-state index is -0.486. The number of rotatable bonds is 4. The number of hydrogen-bond donors (Lipinski definition) is 1. The van der Waals surface area contributed by atoms with E-state index in [2.05, 4.69) is 24.0 Å². The molecule has 0 bridgehead atoms. The third kappa shape index (κ3) is 2.91. The summed E-state index contributed by atoms with van der Waals surface area (Å²) in [5.74, 6) is 2.69. The van der Waals surface area contributed by atoms with Crippen molar-refractivity contribution in [1.82, 2.24) is 10.1 Å². The molecule has 1 aliphatic rings. The highest BCUT2D eigenvalue weighted by atomic mass is 16.5. The van der Waals surface area contributed by atoms with E-state index in [4.69, 9.17) is 10.3 Å². The van der Waals surface area contributed by atoms with Crippen molar-refractivity contribution in [2.24, 2.45) is 11.7 Å². The smallest absolute Gasteiger partial charge is 0.246 e. The molecule has 4 heteroatoms. The molecule has 1 fully saturated rings.